The van der Waals surface area contributed by atoms with Crippen molar-refractivity contribution in [1.29, 1.82) is 0 Å². The summed E-state index contributed by atoms with van der Waals surface area (Å²) < 4.78 is 25.6. The van der Waals surface area contributed by atoms with Crippen LogP contribution in [0.1, 0.15) is 25.8 Å². The van der Waals surface area contributed by atoms with E-state index >= 15 is 0 Å². The van der Waals surface area contributed by atoms with Crippen molar-refractivity contribution < 1.29 is 14.0 Å². The van der Waals surface area contributed by atoms with Gasteiger partial charge in [-0.3, -0.25) is 0 Å². The summed E-state index contributed by atoms with van der Waals surface area (Å²) in [5.74, 6) is 1.89. The zero-order valence-electron chi connectivity index (χ0n) is 13.6. The average molecular weight is 318 g/mol. The second-order valence-electron chi connectivity index (χ2n) is 6.47. The molecule has 3 rings (SSSR count). The third-order valence-corrected chi connectivity index (χ3v) is 3.96. The highest BCUT2D eigenvalue weighted by Crippen LogP contribution is 2.39. The zero-order chi connectivity index (χ0) is 16.4. The largest absolute Gasteiger partial charge is 0.492 e. The molecule has 2 aliphatic rings. The molecule has 23 heavy (non-hydrogen) atoms. The summed E-state index contributed by atoms with van der Waals surface area (Å²) in [6.45, 7) is 5.37. The number of hydrogen-bond acceptors (Lipinski definition) is 4. The van der Waals surface area contributed by atoms with Crippen molar-refractivity contribution in [3.05, 3.63) is 41.5 Å². The predicted octanol–water partition coefficient (Wildman–Crippen LogP) is 3.30. The first-order chi connectivity index (χ1) is 11.0. The third kappa shape index (κ3) is 3.50. The van der Waals surface area contributed by atoms with E-state index in [2.05, 4.69) is 13.8 Å². The van der Waals surface area contributed by atoms with Crippen LogP contribution in [-0.4, -0.2) is 30.9 Å². The Morgan fingerprint density at radius 3 is 3.00 bits per heavy atom. The summed E-state index contributed by atoms with van der Waals surface area (Å²) in [4.78, 5) is 0. The Bertz CT molecular complexity index is 640. The van der Waals surface area contributed by atoms with Gasteiger partial charge in [0.2, 0.25) is 0 Å². The van der Waals surface area contributed by atoms with Gasteiger partial charge in [-0.2, -0.15) is 0 Å². The highest BCUT2D eigenvalue weighted by Gasteiger charge is 2.26. The summed E-state index contributed by atoms with van der Waals surface area (Å²) in [5, 5.41) is 0.760. The lowest BCUT2D eigenvalue weighted by atomic mass is 10.0. The second-order valence-corrected chi connectivity index (χ2v) is 6.47. The van der Waals surface area contributed by atoms with Crippen molar-refractivity contribution in [3.63, 3.8) is 0 Å². The lowest BCUT2D eigenvalue weighted by Gasteiger charge is -2.29. The fourth-order valence-corrected chi connectivity index (χ4v) is 2.97. The smallest absolute Gasteiger partial charge is 0.132 e. The van der Waals surface area contributed by atoms with Gasteiger partial charge in [0.15, 0.2) is 0 Å². The molecule has 0 radical (unpaired) electrons. The van der Waals surface area contributed by atoms with Crippen LogP contribution >= 0.6 is 0 Å². The fourth-order valence-electron chi connectivity index (χ4n) is 2.97. The molecule has 0 amide bonds. The molecule has 0 bridgehead atoms. The highest BCUT2D eigenvalue weighted by molar-refractivity contribution is 5.76. The number of rotatable bonds is 5. The van der Waals surface area contributed by atoms with E-state index in [9.17, 15) is 4.48 Å². The first kappa shape index (κ1) is 15.9. The van der Waals surface area contributed by atoms with E-state index < -0.39 is 0 Å². The SMILES string of the molecule is CC(C)C[C@H](N)COc1ccc2c(c1)OCC1=C2N(F)CC=C1. The van der Waals surface area contributed by atoms with Crippen LogP contribution in [0.5, 0.6) is 11.5 Å². The van der Waals surface area contributed by atoms with E-state index in [0.717, 1.165) is 22.7 Å². The summed E-state index contributed by atoms with van der Waals surface area (Å²) in [6, 6.07) is 5.50. The Labute approximate surface area is 136 Å². The Kier molecular flexibility index (Phi) is 4.57. The number of ether oxygens (including phenoxy) is 2. The molecule has 2 N–H and O–H groups in total. The maximum Gasteiger partial charge on any atom is 0.132 e. The van der Waals surface area contributed by atoms with Crippen LogP contribution in [0.25, 0.3) is 5.70 Å². The van der Waals surface area contributed by atoms with Crippen LogP contribution in [0.2, 0.25) is 0 Å². The number of benzene rings is 1. The van der Waals surface area contributed by atoms with Gasteiger partial charge in [-0.1, -0.05) is 30.5 Å². The molecule has 0 saturated heterocycles. The van der Waals surface area contributed by atoms with Gasteiger partial charge in [0.1, 0.15) is 24.7 Å². The first-order valence-electron chi connectivity index (χ1n) is 8.03. The molecule has 1 atom stereocenters. The molecule has 0 aliphatic carbocycles. The van der Waals surface area contributed by atoms with Crippen LogP contribution in [0.15, 0.2) is 35.9 Å². The summed E-state index contributed by atoms with van der Waals surface area (Å²) in [6.07, 6.45) is 4.63. The maximum atomic E-state index is 14.1. The Hall–Kier alpha value is -2.01. The average Bonchev–Trinajstić information content (AvgIpc) is 2.52. The van der Waals surface area contributed by atoms with Crippen molar-refractivity contribution in [2.24, 2.45) is 11.7 Å². The molecule has 0 fully saturated rings. The second kappa shape index (κ2) is 6.62. The Balaban J connectivity index is 1.74. The normalized spacial score (nSPS) is 17.7. The summed E-state index contributed by atoms with van der Waals surface area (Å²) in [5.41, 5.74) is 8.25. The minimum absolute atomic E-state index is 0.00563. The van der Waals surface area contributed by atoms with Gasteiger partial charge in [0, 0.05) is 23.2 Å². The summed E-state index contributed by atoms with van der Waals surface area (Å²) in [7, 11) is 0. The monoisotopic (exact) mass is 318 g/mol. The molecule has 4 nitrogen and oxygen atoms in total. The van der Waals surface area contributed by atoms with Crippen LogP contribution < -0.4 is 15.2 Å². The quantitative estimate of drug-likeness (QED) is 0.846. The lowest BCUT2D eigenvalue weighted by molar-refractivity contribution is 0.117. The fraction of sp³-hybridized carbons (Fsp3) is 0.444. The van der Waals surface area contributed by atoms with Crippen LogP contribution in [0, 0.1) is 5.92 Å². The molecule has 1 aromatic rings. The number of nitrogens with zero attached hydrogens (tertiary/aromatic N) is 1. The van der Waals surface area contributed by atoms with Crippen molar-refractivity contribution >= 4 is 5.70 Å². The van der Waals surface area contributed by atoms with E-state index in [0.29, 0.717) is 36.3 Å². The van der Waals surface area contributed by atoms with E-state index in [1.165, 1.54) is 0 Å². The molecule has 1 aromatic carbocycles. The molecule has 124 valence electrons. The lowest BCUT2D eigenvalue weighted by Crippen LogP contribution is -2.29. The van der Waals surface area contributed by atoms with Gasteiger partial charge in [-0.05, 0) is 24.5 Å². The third-order valence-electron chi connectivity index (χ3n) is 3.96. The molecule has 0 spiro atoms. The van der Waals surface area contributed by atoms with Gasteiger partial charge in [-0.25, -0.2) is 5.12 Å². The molecule has 2 heterocycles. The van der Waals surface area contributed by atoms with E-state index in [1.54, 1.807) is 6.08 Å². The Morgan fingerprint density at radius 1 is 1.39 bits per heavy atom. The molecule has 0 saturated carbocycles. The van der Waals surface area contributed by atoms with Crippen molar-refractivity contribution in [2.45, 2.75) is 26.3 Å². The molecular formula is C18H23FN2O2. The van der Waals surface area contributed by atoms with Gasteiger partial charge in [-0.15, -0.1) is 0 Å². The Morgan fingerprint density at radius 2 is 2.22 bits per heavy atom. The van der Waals surface area contributed by atoms with E-state index in [1.807, 2.05) is 24.3 Å². The van der Waals surface area contributed by atoms with Crippen molar-refractivity contribution in [2.75, 3.05) is 19.8 Å². The first-order valence-corrected chi connectivity index (χ1v) is 8.03. The highest BCUT2D eigenvalue weighted by atomic mass is 19.2. The van der Waals surface area contributed by atoms with Gasteiger partial charge < -0.3 is 15.2 Å². The van der Waals surface area contributed by atoms with E-state index in [-0.39, 0.29) is 12.6 Å². The molecule has 5 heteroatoms. The number of nitrogens with two attached hydrogens (primary N) is 1. The van der Waals surface area contributed by atoms with Gasteiger partial charge in [0.05, 0.1) is 12.2 Å². The zero-order valence-corrected chi connectivity index (χ0v) is 13.6. The molecule has 2 aliphatic heterocycles. The minimum atomic E-state index is 0.00563. The topological polar surface area (TPSA) is 47.7 Å². The number of halogens is 1. The van der Waals surface area contributed by atoms with Gasteiger partial charge in [0.25, 0.3) is 0 Å². The van der Waals surface area contributed by atoms with Crippen molar-refractivity contribution in [1.82, 2.24) is 5.12 Å². The van der Waals surface area contributed by atoms with Crippen molar-refractivity contribution in [3.8, 4) is 11.5 Å². The van der Waals surface area contributed by atoms with Gasteiger partial charge >= 0.3 is 0 Å². The van der Waals surface area contributed by atoms with Crippen LogP contribution in [-0.2, 0) is 0 Å². The molecule has 0 unspecified atom stereocenters. The number of hydrogen-bond donors (Lipinski definition) is 1. The maximum absolute atomic E-state index is 14.1. The predicted molar refractivity (Wildman–Crippen MR) is 88.7 cm³/mol. The molecular weight excluding hydrogens is 295 g/mol. The molecule has 0 aromatic heterocycles. The van der Waals surface area contributed by atoms with E-state index in [4.69, 9.17) is 15.2 Å². The van der Waals surface area contributed by atoms with Crippen LogP contribution in [0.4, 0.5) is 4.48 Å². The summed E-state index contributed by atoms with van der Waals surface area (Å²) >= 11 is 0. The number of fused-ring (bicyclic) bond motifs is 2. The minimum Gasteiger partial charge on any atom is -0.492 e. The standard InChI is InChI=1S/C18H23FN2O2/c1-12(2)8-14(20)11-22-15-5-6-16-17(9-15)23-10-13-4-3-7-21(19)18(13)16/h3-6,9,12,14H,7-8,10-11,20H2,1-2H3/t14-/m0/s1. The van der Waals surface area contributed by atoms with Crippen LogP contribution in [0.3, 0.4) is 0 Å².